The van der Waals surface area contributed by atoms with Gasteiger partial charge in [-0.2, -0.15) is 0 Å². The third-order valence-corrected chi connectivity index (χ3v) is 3.42. The fourth-order valence-electron chi connectivity index (χ4n) is 2.02. The normalized spacial score (nSPS) is 12.2. The second kappa shape index (κ2) is 6.65. The summed E-state index contributed by atoms with van der Waals surface area (Å²) >= 11 is 0. The molecule has 2 aromatic rings. The first kappa shape index (κ1) is 16.1. The maximum absolute atomic E-state index is 13.0. The van der Waals surface area contributed by atoms with Crippen LogP contribution >= 0.6 is 0 Å². The molecule has 1 atom stereocenters. The van der Waals surface area contributed by atoms with Gasteiger partial charge in [-0.15, -0.1) is 5.10 Å². The summed E-state index contributed by atoms with van der Waals surface area (Å²) in [6.45, 7) is 4.05. The van der Waals surface area contributed by atoms with Crippen LogP contribution < -0.4 is 0 Å². The average molecular weight is 306 g/mol. The summed E-state index contributed by atoms with van der Waals surface area (Å²) in [6.07, 6.45) is 0. The molecule has 0 saturated carbocycles. The molecule has 22 heavy (non-hydrogen) atoms. The molecule has 0 bridgehead atoms. The molecule has 6 nitrogen and oxygen atoms in total. The fourth-order valence-corrected chi connectivity index (χ4v) is 2.02. The topological polar surface area (TPSA) is 60.2 Å². The summed E-state index contributed by atoms with van der Waals surface area (Å²) in [7, 11) is 3.26. The molecule has 0 N–H and O–H groups in total. The van der Waals surface area contributed by atoms with Crippen molar-refractivity contribution in [3.63, 3.8) is 0 Å². The van der Waals surface area contributed by atoms with Crippen molar-refractivity contribution in [3.05, 3.63) is 41.7 Å². The number of rotatable bonds is 5. The SMILES string of the molecule is COC[C@@H](C)N(C)C(=O)c1nc(C)n(-c2ccc(F)cc2)n1. The zero-order chi connectivity index (χ0) is 16.3. The number of amides is 1. The number of hydrogen-bond acceptors (Lipinski definition) is 4. The van der Waals surface area contributed by atoms with E-state index in [2.05, 4.69) is 10.1 Å². The van der Waals surface area contributed by atoms with Gasteiger partial charge in [0, 0.05) is 14.2 Å². The first-order valence-corrected chi connectivity index (χ1v) is 6.89. The summed E-state index contributed by atoms with van der Waals surface area (Å²) in [5, 5.41) is 4.22. The lowest BCUT2D eigenvalue weighted by molar-refractivity contribution is 0.0622. The molecule has 0 unspecified atom stereocenters. The van der Waals surface area contributed by atoms with Crippen molar-refractivity contribution < 1.29 is 13.9 Å². The first-order valence-electron chi connectivity index (χ1n) is 6.89. The molecule has 0 aliphatic rings. The van der Waals surface area contributed by atoms with Gasteiger partial charge in [0.05, 0.1) is 18.3 Å². The monoisotopic (exact) mass is 306 g/mol. The van der Waals surface area contributed by atoms with E-state index >= 15 is 0 Å². The van der Waals surface area contributed by atoms with Crippen LogP contribution in [-0.2, 0) is 4.74 Å². The fraction of sp³-hybridized carbons (Fsp3) is 0.400. The lowest BCUT2D eigenvalue weighted by atomic mass is 10.3. The van der Waals surface area contributed by atoms with Crippen LogP contribution in [0.2, 0.25) is 0 Å². The lowest BCUT2D eigenvalue weighted by Gasteiger charge is -2.22. The maximum atomic E-state index is 13.0. The molecule has 0 fully saturated rings. The molecular formula is C15H19FN4O2. The Morgan fingerprint density at radius 1 is 1.41 bits per heavy atom. The number of carbonyl (C=O) groups excluding carboxylic acids is 1. The summed E-state index contributed by atoms with van der Waals surface area (Å²) in [5.74, 6) is 0.0504. The molecular weight excluding hydrogens is 287 g/mol. The van der Waals surface area contributed by atoms with Gasteiger partial charge in [0.1, 0.15) is 11.6 Å². The van der Waals surface area contributed by atoms with Crippen molar-refractivity contribution >= 4 is 5.91 Å². The molecule has 7 heteroatoms. The maximum Gasteiger partial charge on any atom is 0.293 e. The van der Waals surface area contributed by atoms with Gasteiger partial charge in [0.2, 0.25) is 5.82 Å². The van der Waals surface area contributed by atoms with E-state index in [9.17, 15) is 9.18 Å². The lowest BCUT2D eigenvalue weighted by Crippen LogP contribution is -2.38. The molecule has 1 aromatic carbocycles. The first-order chi connectivity index (χ1) is 10.4. The van der Waals surface area contributed by atoms with Crippen LogP contribution in [0.5, 0.6) is 0 Å². The largest absolute Gasteiger partial charge is 0.383 e. The standard InChI is InChI=1S/C15H19FN4O2/c1-10(9-22-4)19(3)15(21)14-17-11(2)20(18-14)13-7-5-12(16)6-8-13/h5-8,10H,9H2,1-4H3/t10-/m1/s1. The zero-order valence-electron chi connectivity index (χ0n) is 13.1. The minimum Gasteiger partial charge on any atom is -0.383 e. The molecule has 1 heterocycles. The molecule has 1 aromatic heterocycles. The van der Waals surface area contributed by atoms with Crippen LogP contribution in [0, 0.1) is 12.7 Å². The van der Waals surface area contributed by atoms with Crippen molar-refractivity contribution in [2.75, 3.05) is 20.8 Å². The average Bonchev–Trinajstić information content (AvgIpc) is 2.88. The molecule has 0 spiro atoms. The summed E-state index contributed by atoms with van der Waals surface area (Å²) in [6, 6.07) is 5.76. The van der Waals surface area contributed by atoms with E-state index in [0.717, 1.165) is 0 Å². The van der Waals surface area contributed by atoms with Crippen molar-refractivity contribution in [3.8, 4) is 5.69 Å². The van der Waals surface area contributed by atoms with Crippen LogP contribution in [0.15, 0.2) is 24.3 Å². The highest BCUT2D eigenvalue weighted by Gasteiger charge is 2.22. The van der Waals surface area contributed by atoms with Gasteiger partial charge in [-0.25, -0.2) is 14.1 Å². The molecule has 0 saturated heterocycles. The van der Waals surface area contributed by atoms with Crippen LogP contribution in [0.1, 0.15) is 23.4 Å². The van der Waals surface area contributed by atoms with E-state index in [0.29, 0.717) is 18.1 Å². The number of halogens is 1. The number of aromatic nitrogens is 3. The number of carbonyl (C=O) groups is 1. The van der Waals surface area contributed by atoms with Gasteiger partial charge < -0.3 is 9.64 Å². The minimum absolute atomic E-state index is 0.0874. The molecule has 0 aliphatic heterocycles. The Labute approximate surface area is 128 Å². The molecule has 1 amide bonds. The van der Waals surface area contributed by atoms with Gasteiger partial charge in [0.15, 0.2) is 0 Å². The minimum atomic E-state index is -0.328. The summed E-state index contributed by atoms with van der Waals surface area (Å²) in [4.78, 5) is 18.1. The molecule has 118 valence electrons. The number of likely N-dealkylation sites (N-methyl/N-ethyl adjacent to an activating group) is 1. The van der Waals surface area contributed by atoms with E-state index in [1.807, 2.05) is 6.92 Å². The van der Waals surface area contributed by atoms with E-state index < -0.39 is 0 Å². The van der Waals surface area contributed by atoms with Gasteiger partial charge >= 0.3 is 0 Å². The Bertz CT molecular complexity index is 654. The van der Waals surface area contributed by atoms with Crippen LogP contribution in [-0.4, -0.2) is 52.4 Å². The van der Waals surface area contributed by atoms with Gasteiger partial charge in [-0.05, 0) is 38.1 Å². The predicted molar refractivity (Wildman–Crippen MR) is 79.5 cm³/mol. The van der Waals surface area contributed by atoms with Gasteiger partial charge in [-0.3, -0.25) is 4.79 Å². The Morgan fingerprint density at radius 2 is 2.05 bits per heavy atom. The Hall–Kier alpha value is -2.28. The highest BCUT2D eigenvalue weighted by molar-refractivity contribution is 5.90. The summed E-state index contributed by atoms with van der Waals surface area (Å²) < 4.78 is 19.5. The van der Waals surface area contributed by atoms with Crippen molar-refractivity contribution in [2.45, 2.75) is 19.9 Å². The zero-order valence-corrected chi connectivity index (χ0v) is 13.1. The van der Waals surface area contributed by atoms with Crippen molar-refractivity contribution in [1.29, 1.82) is 0 Å². The number of methoxy groups -OCH3 is 1. The summed E-state index contributed by atoms with van der Waals surface area (Å²) in [5.41, 5.74) is 0.651. The Morgan fingerprint density at radius 3 is 2.64 bits per heavy atom. The second-order valence-electron chi connectivity index (χ2n) is 5.09. The van der Waals surface area contributed by atoms with Crippen LogP contribution in [0.25, 0.3) is 5.69 Å². The number of benzene rings is 1. The Kier molecular flexibility index (Phi) is 4.87. The van der Waals surface area contributed by atoms with Crippen molar-refractivity contribution in [1.82, 2.24) is 19.7 Å². The number of ether oxygens (including phenoxy) is 1. The Balaban J connectivity index is 2.25. The van der Waals surface area contributed by atoms with Gasteiger partial charge in [-0.1, -0.05) is 0 Å². The third-order valence-electron chi connectivity index (χ3n) is 3.42. The molecule has 2 rings (SSSR count). The highest BCUT2D eigenvalue weighted by Crippen LogP contribution is 2.12. The van der Waals surface area contributed by atoms with E-state index in [-0.39, 0.29) is 23.6 Å². The van der Waals surface area contributed by atoms with Crippen LogP contribution in [0.3, 0.4) is 0 Å². The predicted octanol–water partition coefficient (Wildman–Crippen LogP) is 1.82. The van der Waals surface area contributed by atoms with Gasteiger partial charge in [0.25, 0.3) is 5.91 Å². The van der Waals surface area contributed by atoms with E-state index in [1.165, 1.54) is 21.7 Å². The van der Waals surface area contributed by atoms with Crippen molar-refractivity contribution in [2.24, 2.45) is 0 Å². The van der Waals surface area contributed by atoms with Crippen LogP contribution in [0.4, 0.5) is 4.39 Å². The quantitative estimate of drug-likeness (QED) is 0.845. The second-order valence-corrected chi connectivity index (χ2v) is 5.09. The third kappa shape index (κ3) is 3.30. The van der Waals surface area contributed by atoms with E-state index in [4.69, 9.17) is 4.74 Å². The number of hydrogen-bond donors (Lipinski definition) is 0. The molecule has 0 aliphatic carbocycles. The number of aryl methyl sites for hydroxylation is 1. The molecule has 0 radical (unpaired) electrons. The highest BCUT2D eigenvalue weighted by atomic mass is 19.1. The number of nitrogens with zero attached hydrogens (tertiary/aromatic N) is 4. The van der Waals surface area contributed by atoms with E-state index in [1.54, 1.807) is 33.2 Å². The smallest absolute Gasteiger partial charge is 0.293 e.